The first-order valence-corrected chi connectivity index (χ1v) is 9.95. The molecule has 0 spiro atoms. The highest BCUT2D eigenvalue weighted by molar-refractivity contribution is 6.11. The van der Waals surface area contributed by atoms with Gasteiger partial charge in [-0.2, -0.15) is 0 Å². The summed E-state index contributed by atoms with van der Waals surface area (Å²) in [5.41, 5.74) is 2.56. The van der Waals surface area contributed by atoms with Gasteiger partial charge in [0.25, 0.3) is 5.91 Å². The lowest BCUT2D eigenvalue weighted by molar-refractivity contribution is -0.130. The molecule has 1 atom stereocenters. The van der Waals surface area contributed by atoms with Gasteiger partial charge in [-0.1, -0.05) is 18.2 Å². The van der Waals surface area contributed by atoms with Gasteiger partial charge in [-0.05, 0) is 74.1 Å². The standard InChI is InChI=1S/C23H24N2O4/c1-3-29-19-11-8-16(9-12-19)20(26)14-25-21(27)23(2,24-22(25)28)18-10-7-15-5-4-6-17(15)13-18/h7-13H,3-6,14H2,1-2H3,(H,24,28). The van der Waals surface area contributed by atoms with Gasteiger partial charge in [0.2, 0.25) is 0 Å². The number of imide groups is 1. The number of carbonyl (C=O) groups is 3. The van der Waals surface area contributed by atoms with Gasteiger partial charge in [-0.15, -0.1) is 0 Å². The van der Waals surface area contributed by atoms with Crippen LogP contribution >= 0.6 is 0 Å². The molecule has 4 rings (SSSR count). The van der Waals surface area contributed by atoms with Crippen LogP contribution in [0.5, 0.6) is 5.75 Å². The molecular formula is C23H24N2O4. The summed E-state index contributed by atoms with van der Waals surface area (Å²) in [6.45, 7) is 3.83. The lowest BCUT2D eigenvalue weighted by atomic mass is 9.89. The van der Waals surface area contributed by atoms with Gasteiger partial charge in [-0.25, -0.2) is 4.79 Å². The van der Waals surface area contributed by atoms with E-state index >= 15 is 0 Å². The van der Waals surface area contributed by atoms with Crippen LogP contribution in [-0.4, -0.2) is 35.8 Å². The first-order valence-electron chi connectivity index (χ1n) is 9.95. The molecule has 6 nitrogen and oxygen atoms in total. The van der Waals surface area contributed by atoms with Gasteiger partial charge < -0.3 is 10.1 Å². The summed E-state index contributed by atoms with van der Waals surface area (Å²) in [5, 5.41) is 2.79. The van der Waals surface area contributed by atoms with E-state index in [1.165, 1.54) is 11.1 Å². The van der Waals surface area contributed by atoms with Crippen LogP contribution in [0.1, 0.15) is 47.3 Å². The van der Waals surface area contributed by atoms with E-state index in [4.69, 9.17) is 4.74 Å². The molecule has 1 aliphatic carbocycles. The molecule has 1 aliphatic heterocycles. The number of nitrogens with one attached hydrogen (secondary N) is 1. The van der Waals surface area contributed by atoms with E-state index in [-0.39, 0.29) is 12.3 Å². The third-order valence-corrected chi connectivity index (χ3v) is 5.74. The van der Waals surface area contributed by atoms with E-state index in [9.17, 15) is 14.4 Å². The molecule has 6 heteroatoms. The summed E-state index contributed by atoms with van der Waals surface area (Å²) in [4.78, 5) is 39.3. The van der Waals surface area contributed by atoms with Crippen LogP contribution in [0, 0.1) is 0 Å². The number of ether oxygens (including phenoxy) is 1. The second kappa shape index (κ2) is 7.35. The van der Waals surface area contributed by atoms with Crippen molar-refractivity contribution in [3.05, 3.63) is 64.7 Å². The highest BCUT2D eigenvalue weighted by Crippen LogP contribution is 2.32. The van der Waals surface area contributed by atoms with Gasteiger partial charge in [0.05, 0.1) is 13.2 Å². The molecular weight excluding hydrogens is 368 g/mol. The molecule has 0 saturated carbocycles. The van der Waals surface area contributed by atoms with Crippen molar-refractivity contribution >= 4 is 17.7 Å². The van der Waals surface area contributed by atoms with E-state index in [1.54, 1.807) is 31.2 Å². The largest absolute Gasteiger partial charge is 0.494 e. The van der Waals surface area contributed by atoms with Crippen molar-refractivity contribution in [1.82, 2.24) is 10.2 Å². The SMILES string of the molecule is CCOc1ccc(C(=O)CN2C(=O)NC(C)(c3ccc4c(c3)CCC4)C2=O)cc1. The lowest BCUT2D eigenvalue weighted by Crippen LogP contribution is -2.41. The van der Waals surface area contributed by atoms with Crippen molar-refractivity contribution in [3.8, 4) is 5.75 Å². The van der Waals surface area contributed by atoms with Crippen molar-refractivity contribution in [2.45, 2.75) is 38.6 Å². The molecule has 3 amide bonds. The Morgan fingerprint density at radius 1 is 1.10 bits per heavy atom. The van der Waals surface area contributed by atoms with E-state index in [1.807, 2.05) is 25.1 Å². The molecule has 2 aromatic rings. The van der Waals surface area contributed by atoms with Crippen LogP contribution in [0.25, 0.3) is 0 Å². The number of fused-ring (bicyclic) bond motifs is 1. The summed E-state index contributed by atoms with van der Waals surface area (Å²) in [6, 6.07) is 12.1. The molecule has 2 aliphatic rings. The number of benzene rings is 2. The lowest BCUT2D eigenvalue weighted by Gasteiger charge is -2.23. The fraction of sp³-hybridized carbons (Fsp3) is 0.348. The van der Waals surface area contributed by atoms with Crippen LogP contribution in [0.4, 0.5) is 4.79 Å². The zero-order valence-electron chi connectivity index (χ0n) is 16.7. The highest BCUT2D eigenvalue weighted by atomic mass is 16.5. The maximum atomic E-state index is 13.1. The minimum absolute atomic E-state index is 0.292. The van der Waals surface area contributed by atoms with Crippen molar-refractivity contribution in [2.75, 3.05) is 13.2 Å². The number of hydrogen-bond donors (Lipinski definition) is 1. The summed E-state index contributed by atoms with van der Waals surface area (Å²) >= 11 is 0. The molecule has 1 fully saturated rings. The number of hydrogen-bond acceptors (Lipinski definition) is 4. The molecule has 2 aromatic carbocycles. The van der Waals surface area contributed by atoms with E-state index in [2.05, 4.69) is 5.32 Å². The topological polar surface area (TPSA) is 75.7 Å². The maximum Gasteiger partial charge on any atom is 0.325 e. The number of ketones is 1. The molecule has 1 N–H and O–H groups in total. The number of Topliss-reactive ketones (excluding diaryl/α,β-unsaturated/α-hetero) is 1. The third-order valence-electron chi connectivity index (χ3n) is 5.74. The van der Waals surface area contributed by atoms with Crippen LogP contribution in [0.2, 0.25) is 0 Å². The van der Waals surface area contributed by atoms with Crippen molar-refractivity contribution in [2.24, 2.45) is 0 Å². The fourth-order valence-corrected chi connectivity index (χ4v) is 4.06. The van der Waals surface area contributed by atoms with Crippen molar-refractivity contribution in [3.63, 3.8) is 0 Å². The molecule has 1 heterocycles. The molecule has 0 radical (unpaired) electrons. The number of rotatable bonds is 6. The quantitative estimate of drug-likeness (QED) is 0.605. The molecule has 29 heavy (non-hydrogen) atoms. The number of amides is 3. The molecule has 1 unspecified atom stereocenters. The predicted molar refractivity (Wildman–Crippen MR) is 108 cm³/mol. The Hall–Kier alpha value is -3.15. The van der Waals surface area contributed by atoms with Crippen LogP contribution < -0.4 is 10.1 Å². The number of aryl methyl sites for hydroxylation is 2. The molecule has 0 bridgehead atoms. The smallest absolute Gasteiger partial charge is 0.325 e. The van der Waals surface area contributed by atoms with Crippen LogP contribution in [0.15, 0.2) is 42.5 Å². The molecule has 0 aromatic heterocycles. The third kappa shape index (κ3) is 3.39. The van der Waals surface area contributed by atoms with E-state index < -0.39 is 17.5 Å². The second-order valence-corrected chi connectivity index (χ2v) is 7.66. The Morgan fingerprint density at radius 3 is 2.55 bits per heavy atom. The zero-order valence-corrected chi connectivity index (χ0v) is 16.7. The van der Waals surface area contributed by atoms with Gasteiger partial charge in [-0.3, -0.25) is 14.5 Å². The molecule has 1 saturated heterocycles. The van der Waals surface area contributed by atoms with Gasteiger partial charge in [0.1, 0.15) is 11.3 Å². The fourth-order valence-electron chi connectivity index (χ4n) is 4.06. The normalized spacial score (nSPS) is 20.6. The number of carbonyl (C=O) groups excluding carboxylic acids is 3. The monoisotopic (exact) mass is 392 g/mol. The summed E-state index contributed by atoms with van der Waals surface area (Å²) in [7, 11) is 0. The number of urea groups is 1. The summed E-state index contributed by atoms with van der Waals surface area (Å²) < 4.78 is 5.38. The minimum atomic E-state index is -1.16. The first kappa shape index (κ1) is 19.2. The minimum Gasteiger partial charge on any atom is -0.494 e. The summed E-state index contributed by atoms with van der Waals surface area (Å²) in [5.74, 6) is -0.0299. The van der Waals surface area contributed by atoms with E-state index in [0.717, 1.165) is 29.7 Å². The molecule has 150 valence electrons. The van der Waals surface area contributed by atoms with Crippen molar-refractivity contribution in [1.29, 1.82) is 0 Å². The van der Waals surface area contributed by atoms with Gasteiger partial charge in [0.15, 0.2) is 5.78 Å². The van der Waals surface area contributed by atoms with Crippen molar-refractivity contribution < 1.29 is 19.1 Å². The maximum absolute atomic E-state index is 13.1. The Morgan fingerprint density at radius 2 is 1.83 bits per heavy atom. The van der Waals surface area contributed by atoms with Gasteiger partial charge >= 0.3 is 6.03 Å². The number of nitrogens with zero attached hydrogens (tertiary/aromatic N) is 1. The van der Waals surface area contributed by atoms with Gasteiger partial charge in [0, 0.05) is 5.56 Å². The van der Waals surface area contributed by atoms with Crippen LogP contribution in [-0.2, 0) is 23.2 Å². The highest BCUT2D eigenvalue weighted by Gasteiger charge is 2.49. The van der Waals surface area contributed by atoms with E-state index in [0.29, 0.717) is 17.9 Å². The first-order chi connectivity index (χ1) is 13.9. The van der Waals surface area contributed by atoms with Crippen LogP contribution in [0.3, 0.4) is 0 Å². The average molecular weight is 392 g/mol. The predicted octanol–water partition coefficient (Wildman–Crippen LogP) is 3.22. The Labute approximate surface area is 169 Å². The summed E-state index contributed by atoms with van der Waals surface area (Å²) in [6.07, 6.45) is 3.15. The Kier molecular flexibility index (Phi) is 4.86. The second-order valence-electron chi connectivity index (χ2n) is 7.66. The Bertz CT molecular complexity index is 983. The Balaban J connectivity index is 1.52. The zero-order chi connectivity index (χ0) is 20.6. The average Bonchev–Trinajstić information content (AvgIpc) is 3.27.